The molecule has 0 saturated heterocycles. The summed E-state index contributed by atoms with van der Waals surface area (Å²) in [4.78, 5) is 6.67. The number of methoxy groups -OCH3 is 2. The van der Waals surface area contributed by atoms with Crippen molar-refractivity contribution in [2.45, 2.75) is 18.7 Å². The smallest absolute Gasteiger partial charge is 0.174 e. The zero-order chi connectivity index (χ0) is 20.5. The first-order valence-corrected chi connectivity index (χ1v) is 9.90. The van der Waals surface area contributed by atoms with E-state index in [1.807, 2.05) is 6.07 Å². The van der Waals surface area contributed by atoms with Crippen molar-refractivity contribution < 1.29 is 17.9 Å². The summed E-state index contributed by atoms with van der Waals surface area (Å²) in [7, 11) is 0.497. The van der Waals surface area contributed by atoms with Crippen LogP contribution in [0, 0.1) is 0 Å². The highest BCUT2D eigenvalue weighted by Crippen LogP contribution is 2.40. The van der Waals surface area contributed by atoms with Gasteiger partial charge in [-0.2, -0.15) is 5.11 Å². The maximum Gasteiger partial charge on any atom is 0.174 e. The second-order valence-corrected chi connectivity index (χ2v) is 6.66. The Morgan fingerprint density at radius 3 is 2.21 bits per heavy atom. The first-order valence-electron chi connectivity index (χ1n) is 8.72. The van der Waals surface area contributed by atoms with Crippen LogP contribution in [0.2, 0.25) is 0 Å². The van der Waals surface area contributed by atoms with Crippen LogP contribution in [-0.2, 0) is 15.4 Å². The van der Waals surface area contributed by atoms with Gasteiger partial charge in [0.05, 0.1) is 36.2 Å². The van der Waals surface area contributed by atoms with E-state index in [9.17, 15) is 8.42 Å². The first kappa shape index (κ1) is 21.4. The standard InChI is InChI=1S/C19H24N4O4S/c1-5-23(6-2)18-11-16(20-13-26-3)17(12-19(18)27-4)22-21-14-7-9-15(10-8-14)28(24)25/h7-13,28H,5-6H2,1-4H3. The Balaban J connectivity index is 2.47. The summed E-state index contributed by atoms with van der Waals surface area (Å²) in [5.41, 5.74) is 2.50. The second-order valence-electron chi connectivity index (χ2n) is 5.63. The van der Waals surface area contributed by atoms with Crippen molar-refractivity contribution in [3.63, 3.8) is 0 Å². The van der Waals surface area contributed by atoms with Gasteiger partial charge in [-0.25, -0.2) is 13.4 Å². The number of rotatable bonds is 9. The van der Waals surface area contributed by atoms with Crippen LogP contribution < -0.4 is 9.64 Å². The number of anilines is 1. The van der Waals surface area contributed by atoms with Gasteiger partial charge in [-0.15, -0.1) is 5.11 Å². The average Bonchev–Trinajstić information content (AvgIpc) is 2.72. The molecule has 28 heavy (non-hydrogen) atoms. The highest BCUT2D eigenvalue weighted by Gasteiger charge is 2.14. The third-order valence-corrected chi connectivity index (χ3v) is 4.73. The van der Waals surface area contributed by atoms with E-state index in [4.69, 9.17) is 9.47 Å². The van der Waals surface area contributed by atoms with E-state index in [0.29, 0.717) is 22.8 Å². The molecule has 0 N–H and O–H groups in total. The highest BCUT2D eigenvalue weighted by molar-refractivity contribution is 7.72. The largest absolute Gasteiger partial charge is 0.494 e. The molecule has 0 fully saturated rings. The van der Waals surface area contributed by atoms with Gasteiger partial charge in [0.25, 0.3) is 0 Å². The molecule has 2 rings (SSSR count). The summed E-state index contributed by atoms with van der Waals surface area (Å²) in [6.45, 7) is 5.76. The maximum atomic E-state index is 11.0. The van der Waals surface area contributed by atoms with E-state index in [0.717, 1.165) is 18.8 Å². The number of nitrogens with zero attached hydrogens (tertiary/aromatic N) is 4. The summed E-state index contributed by atoms with van der Waals surface area (Å²) in [6.07, 6.45) is 1.33. The molecule has 0 spiro atoms. The Kier molecular flexibility index (Phi) is 7.94. The van der Waals surface area contributed by atoms with Crippen molar-refractivity contribution in [3.05, 3.63) is 36.4 Å². The molecule has 0 aliphatic heterocycles. The predicted molar refractivity (Wildman–Crippen MR) is 111 cm³/mol. The molecule has 0 aromatic heterocycles. The second kappa shape index (κ2) is 10.4. The summed E-state index contributed by atoms with van der Waals surface area (Å²) in [6, 6.07) is 9.78. The topological polar surface area (TPSA) is 92.9 Å². The van der Waals surface area contributed by atoms with Gasteiger partial charge in [-0.1, -0.05) is 0 Å². The van der Waals surface area contributed by atoms with Crippen LogP contribution >= 0.6 is 0 Å². The summed E-state index contributed by atoms with van der Waals surface area (Å²) >= 11 is 0. The lowest BCUT2D eigenvalue weighted by Crippen LogP contribution is -2.22. The van der Waals surface area contributed by atoms with E-state index in [2.05, 4.69) is 34.0 Å². The fourth-order valence-corrected chi connectivity index (χ4v) is 2.96. The highest BCUT2D eigenvalue weighted by atomic mass is 32.2. The Morgan fingerprint density at radius 2 is 1.68 bits per heavy atom. The van der Waals surface area contributed by atoms with Crippen LogP contribution in [0.25, 0.3) is 0 Å². The number of aliphatic imine (C=N–C) groups is 1. The van der Waals surface area contributed by atoms with E-state index in [1.165, 1.54) is 25.6 Å². The zero-order valence-corrected chi connectivity index (χ0v) is 17.2. The van der Waals surface area contributed by atoms with Crippen LogP contribution in [0.5, 0.6) is 5.75 Å². The summed E-state index contributed by atoms with van der Waals surface area (Å²) in [5, 5.41) is 8.45. The third kappa shape index (κ3) is 5.29. The van der Waals surface area contributed by atoms with E-state index in [-0.39, 0.29) is 4.90 Å². The minimum atomic E-state index is -2.62. The Morgan fingerprint density at radius 1 is 1.00 bits per heavy atom. The van der Waals surface area contributed by atoms with Crippen LogP contribution in [0.1, 0.15) is 13.8 Å². The van der Waals surface area contributed by atoms with Crippen molar-refractivity contribution in [3.8, 4) is 5.75 Å². The monoisotopic (exact) mass is 404 g/mol. The van der Waals surface area contributed by atoms with Crippen LogP contribution in [0.15, 0.2) is 56.5 Å². The van der Waals surface area contributed by atoms with Gasteiger partial charge in [-0.05, 0) is 44.2 Å². The molecule has 8 nitrogen and oxygen atoms in total. The van der Waals surface area contributed by atoms with Crippen LogP contribution in [-0.4, -0.2) is 42.1 Å². The average molecular weight is 404 g/mol. The lowest BCUT2D eigenvalue weighted by molar-refractivity contribution is 0.414. The minimum absolute atomic E-state index is 0.226. The molecule has 2 aromatic rings. The number of azo groups is 1. The molecule has 0 atom stereocenters. The van der Waals surface area contributed by atoms with E-state index >= 15 is 0 Å². The lowest BCUT2D eigenvalue weighted by Gasteiger charge is -2.24. The Hall–Kier alpha value is -2.94. The Bertz CT molecular complexity index is 912. The van der Waals surface area contributed by atoms with Crippen molar-refractivity contribution >= 4 is 39.9 Å². The van der Waals surface area contributed by atoms with Gasteiger partial charge < -0.3 is 14.4 Å². The van der Waals surface area contributed by atoms with Gasteiger partial charge in [0.2, 0.25) is 0 Å². The molecule has 0 radical (unpaired) electrons. The molecule has 0 saturated carbocycles. The Labute approximate surface area is 166 Å². The number of hydrogen-bond donors (Lipinski definition) is 1. The normalized spacial score (nSPS) is 11.5. The molecule has 9 heteroatoms. The number of ether oxygens (including phenoxy) is 2. The van der Waals surface area contributed by atoms with E-state index in [1.54, 1.807) is 25.3 Å². The molecule has 0 unspecified atom stereocenters. The molecule has 0 aliphatic rings. The molecule has 2 aromatic carbocycles. The SMILES string of the molecule is CCN(CC)c1cc(N=COC)c(N=Nc2ccc([SH](=O)=O)cc2)cc1OC. The summed E-state index contributed by atoms with van der Waals surface area (Å²) < 4.78 is 32.4. The molecular formula is C19H24N4O4S. The van der Waals surface area contributed by atoms with Gasteiger partial charge >= 0.3 is 0 Å². The molecule has 0 heterocycles. The minimum Gasteiger partial charge on any atom is -0.494 e. The van der Waals surface area contributed by atoms with Crippen LogP contribution in [0.3, 0.4) is 0 Å². The quantitative estimate of drug-likeness (QED) is 0.292. The fraction of sp³-hybridized carbons (Fsp3) is 0.316. The maximum absolute atomic E-state index is 11.0. The van der Waals surface area contributed by atoms with Gasteiger partial charge in [-0.3, -0.25) is 0 Å². The number of hydrogen-bond acceptors (Lipinski definition) is 8. The van der Waals surface area contributed by atoms with Crippen molar-refractivity contribution in [2.24, 2.45) is 15.2 Å². The number of benzene rings is 2. The zero-order valence-electron chi connectivity index (χ0n) is 16.3. The molecule has 0 aliphatic carbocycles. The van der Waals surface area contributed by atoms with Crippen molar-refractivity contribution in [2.75, 3.05) is 32.2 Å². The van der Waals surface area contributed by atoms with E-state index < -0.39 is 10.7 Å². The first-order chi connectivity index (χ1) is 13.5. The van der Waals surface area contributed by atoms with Crippen LogP contribution in [0.4, 0.5) is 22.7 Å². The fourth-order valence-electron chi connectivity index (χ4n) is 2.57. The van der Waals surface area contributed by atoms with Crippen molar-refractivity contribution in [1.82, 2.24) is 0 Å². The molecule has 0 amide bonds. The number of thiol groups is 1. The van der Waals surface area contributed by atoms with Gasteiger partial charge in [0.15, 0.2) is 17.1 Å². The summed E-state index contributed by atoms with van der Waals surface area (Å²) in [5.74, 6) is 0.660. The molecule has 0 bridgehead atoms. The van der Waals surface area contributed by atoms with Gasteiger partial charge in [0.1, 0.15) is 11.4 Å². The molecular weight excluding hydrogens is 380 g/mol. The lowest BCUT2D eigenvalue weighted by atomic mass is 10.2. The third-order valence-electron chi connectivity index (χ3n) is 4.01. The van der Waals surface area contributed by atoms with Crippen molar-refractivity contribution in [1.29, 1.82) is 0 Å². The molecule has 150 valence electrons. The van der Waals surface area contributed by atoms with Gasteiger partial charge in [0, 0.05) is 19.2 Å². The predicted octanol–water partition coefficient (Wildman–Crippen LogP) is 4.23.